The molecule has 0 unspecified atom stereocenters. The SMILES string of the molecule is CCc1ccc(-c2ccc(OC)cc2OC)cc1.CS(=O)(=O)c1cc2ccccc2[nH]1. The molecule has 0 fully saturated rings. The Morgan fingerprint density at radius 1 is 0.871 bits per heavy atom. The van der Waals surface area contributed by atoms with Gasteiger partial charge in [0.15, 0.2) is 9.84 Å². The topological polar surface area (TPSA) is 68.4 Å². The van der Waals surface area contributed by atoms with Gasteiger partial charge in [-0.15, -0.1) is 0 Å². The second-order valence-corrected chi connectivity index (χ2v) is 9.09. The second kappa shape index (κ2) is 9.71. The molecule has 5 nitrogen and oxygen atoms in total. The van der Waals surface area contributed by atoms with Crippen LogP contribution in [0.25, 0.3) is 22.0 Å². The number of aryl methyl sites for hydroxylation is 1. The van der Waals surface area contributed by atoms with Crippen molar-refractivity contribution in [3.8, 4) is 22.6 Å². The smallest absolute Gasteiger partial charge is 0.190 e. The molecular formula is C25H27NO4S. The third-order valence-corrected chi connectivity index (χ3v) is 6.01. The van der Waals surface area contributed by atoms with E-state index in [0.717, 1.165) is 39.9 Å². The number of fused-ring (bicyclic) bond motifs is 1. The summed E-state index contributed by atoms with van der Waals surface area (Å²) in [6.07, 6.45) is 2.25. The van der Waals surface area contributed by atoms with Crippen LogP contribution in [0, 0.1) is 0 Å². The largest absolute Gasteiger partial charge is 0.497 e. The van der Waals surface area contributed by atoms with E-state index in [1.54, 1.807) is 20.3 Å². The minimum atomic E-state index is -3.12. The van der Waals surface area contributed by atoms with Crippen LogP contribution < -0.4 is 9.47 Å². The van der Waals surface area contributed by atoms with Gasteiger partial charge in [-0.2, -0.15) is 0 Å². The number of H-pyrrole nitrogens is 1. The molecule has 1 heterocycles. The minimum absolute atomic E-state index is 0.272. The molecule has 0 saturated heterocycles. The zero-order valence-corrected chi connectivity index (χ0v) is 19.0. The van der Waals surface area contributed by atoms with E-state index in [1.165, 1.54) is 11.8 Å². The van der Waals surface area contributed by atoms with E-state index in [4.69, 9.17) is 9.47 Å². The van der Waals surface area contributed by atoms with Crippen LogP contribution >= 0.6 is 0 Å². The molecule has 6 heteroatoms. The molecule has 0 bridgehead atoms. The van der Waals surface area contributed by atoms with E-state index in [0.29, 0.717) is 0 Å². The third-order valence-electron chi connectivity index (χ3n) is 4.99. The fourth-order valence-electron chi connectivity index (χ4n) is 3.20. The van der Waals surface area contributed by atoms with E-state index in [1.807, 2.05) is 42.5 Å². The van der Waals surface area contributed by atoms with Crippen molar-refractivity contribution in [2.45, 2.75) is 18.4 Å². The highest BCUT2D eigenvalue weighted by molar-refractivity contribution is 7.90. The van der Waals surface area contributed by atoms with E-state index >= 15 is 0 Å². The fourth-order valence-corrected chi connectivity index (χ4v) is 3.84. The maximum absolute atomic E-state index is 11.2. The van der Waals surface area contributed by atoms with Crippen LogP contribution in [-0.4, -0.2) is 33.9 Å². The molecule has 4 rings (SSSR count). The Balaban J connectivity index is 0.000000185. The summed E-state index contributed by atoms with van der Waals surface area (Å²) in [6.45, 7) is 2.16. The molecule has 0 saturated carbocycles. The summed E-state index contributed by atoms with van der Waals surface area (Å²) in [5.74, 6) is 1.64. The van der Waals surface area contributed by atoms with Crippen molar-refractivity contribution in [3.63, 3.8) is 0 Å². The van der Waals surface area contributed by atoms with Gasteiger partial charge in [-0.1, -0.05) is 49.4 Å². The summed E-state index contributed by atoms with van der Waals surface area (Å²) in [6, 6.07) is 23.6. The lowest BCUT2D eigenvalue weighted by molar-refractivity contribution is 0.395. The quantitative estimate of drug-likeness (QED) is 0.447. The first-order chi connectivity index (χ1) is 14.9. The average molecular weight is 438 g/mol. The highest BCUT2D eigenvalue weighted by Gasteiger charge is 2.09. The molecule has 31 heavy (non-hydrogen) atoms. The molecule has 0 aliphatic carbocycles. The summed E-state index contributed by atoms with van der Waals surface area (Å²) in [7, 11) is 0.216. The Bertz CT molecular complexity index is 1230. The molecule has 4 aromatic rings. The molecule has 0 radical (unpaired) electrons. The molecule has 1 N–H and O–H groups in total. The van der Waals surface area contributed by atoms with Crippen molar-refractivity contribution in [1.82, 2.24) is 4.98 Å². The number of nitrogens with one attached hydrogen (secondary N) is 1. The molecule has 1 aromatic heterocycles. The number of sulfone groups is 1. The van der Waals surface area contributed by atoms with Crippen molar-refractivity contribution in [2.24, 2.45) is 0 Å². The Morgan fingerprint density at radius 3 is 2.16 bits per heavy atom. The van der Waals surface area contributed by atoms with Crippen LogP contribution in [0.2, 0.25) is 0 Å². The van der Waals surface area contributed by atoms with E-state index in [9.17, 15) is 8.42 Å². The first kappa shape index (κ1) is 22.4. The summed E-state index contributed by atoms with van der Waals surface area (Å²) in [5.41, 5.74) is 4.43. The van der Waals surface area contributed by atoms with Gasteiger partial charge < -0.3 is 14.5 Å². The summed E-state index contributed by atoms with van der Waals surface area (Å²) in [5, 5.41) is 1.19. The Labute approximate surface area is 183 Å². The second-order valence-electron chi connectivity index (χ2n) is 7.11. The number of aromatic nitrogens is 1. The molecule has 3 aromatic carbocycles. The lowest BCUT2D eigenvalue weighted by atomic mass is 10.0. The number of ether oxygens (including phenoxy) is 2. The predicted octanol–water partition coefficient (Wildman–Crippen LogP) is 5.50. The predicted molar refractivity (Wildman–Crippen MR) is 126 cm³/mol. The number of benzene rings is 3. The molecule has 0 spiro atoms. The Kier molecular flexibility index (Phi) is 7.02. The molecule has 0 amide bonds. The van der Waals surface area contributed by atoms with Gasteiger partial charge in [-0.05, 0) is 41.8 Å². The van der Waals surface area contributed by atoms with E-state index < -0.39 is 9.84 Å². The molecule has 162 valence electrons. The number of para-hydroxylation sites is 1. The number of hydrogen-bond donors (Lipinski definition) is 1. The van der Waals surface area contributed by atoms with Gasteiger partial charge in [-0.25, -0.2) is 8.42 Å². The Hall–Kier alpha value is -3.25. The van der Waals surface area contributed by atoms with Gasteiger partial charge in [0, 0.05) is 28.8 Å². The van der Waals surface area contributed by atoms with Crippen molar-refractivity contribution in [1.29, 1.82) is 0 Å². The minimum Gasteiger partial charge on any atom is -0.497 e. The molecular weight excluding hydrogens is 410 g/mol. The molecule has 0 aliphatic heterocycles. The van der Waals surface area contributed by atoms with Gasteiger partial charge >= 0.3 is 0 Å². The van der Waals surface area contributed by atoms with Crippen molar-refractivity contribution in [3.05, 3.63) is 78.4 Å². The standard InChI is InChI=1S/C16H18O2.C9H9NO2S/c1-4-12-5-7-13(8-6-12)15-10-9-14(17-2)11-16(15)18-3;1-13(11,12)9-6-7-4-2-3-5-8(7)10-9/h5-11H,4H2,1-3H3;2-6,10H,1H3. The average Bonchev–Trinajstić information content (AvgIpc) is 3.24. The zero-order chi connectivity index (χ0) is 22.4. The monoisotopic (exact) mass is 437 g/mol. The molecule has 0 atom stereocenters. The van der Waals surface area contributed by atoms with Crippen LogP contribution in [0.5, 0.6) is 11.5 Å². The van der Waals surface area contributed by atoms with Crippen molar-refractivity contribution < 1.29 is 17.9 Å². The van der Waals surface area contributed by atoms with Gasteiger partial charge in [0.25, 0.3) is 0 Å². The van der Waals surface area contributed by atoms with E-state index in [2.05, 4.69) is 36.2 Å². The van der Waals surface area contributed by atoms with Gasteiger partial charge in [-0.3, -0.25) is 0 Å². The Morgan fingerprint density at radius 2 is 1.58 bits per heavy atom. The van der Waals surface area contributed by atoms with Crippen LogP contribution in [-0.2, 0) is 16.3 Å². The fraction of sp³-hybridized carbons (Fsp3) is 0.200. The van der Waals surface area contributed by atoms with Gasteiger partial charge in [0.05, 0.1) is 14.2 Å². The maximum Gasteiger partial charge on any atom is 0.190 e. The number of methoxy groups -OCH3 is 2. The summed E-state index contributed by atoms with van der Waals surface area (Å²) >= 11 is 0. The van der Waals surface area contributed by atoms with Crippen molar-refractivity contribution in [2.75, 3.05) is 20.5 Å². The number of rotatable bonds is 5. The van der Waals surface area contributed by atoms with Crippen molar-refractivity contribution >= 4 is 20.7 Å². The first-order valence-corrected chi connectivity index (χ1v) is 11.8. The van der Waals surface area contributed by atoms with Crippen LogP contribution in [0.4, 0.5) is 0 Å². The lowest BCUT2D eigenvalue weighted by Crippen LogP contribution is -1.96. The maximum atomic E-state index is 11.2. The highest BCUT2D eigenvalue weighted by atomic mass is 32.2. The van der Waals surface area contributed by atoms with Crippen LogP contribution in [0.3, 0.4) is 0 Å². The van der Waals surface area contributed by atoms with Gasteiger partial charge in [0.2, 0.25) is 0 Å². The number of aromatic amines is 1. The summed E-state index contributed by atoms with van der Waals surface area (Å²) in [4.78, 5) is 2.85. The third kappa shape index (κ3) is 5.47. The highest BCUT2D eigenvalue weighted by Crippen LogP contribution is 2.33. The summed E-state index contributed by atoms with van der Waals surface area (Å²) < 4.78 is 33.0. The normalized spacial score (nSPS) is 11.0. The first-order valence-electron chi connectivity index (χ1n) is 9.95. The van der Waals surface area contributed by atoms with E-state index in [-0.39, 0.29) is 5.03 Å². The van der Waals surface area contributed by atoms with Crippen LogP contribution in [0.1, 0.15) is 12.5 Å². The zero-order valence-electron chi connectivity index (χ0n) is 18.2. The van der Waals surface area contributed by atoms with Crippen LogP contribution in [0.15, 0.2) is 77.8 Å². The lowest BCUT2D eigenvalue weighted by Gasteiger charge is -2.11. The molecule has 0 aliphatic rings. The van der Waals surface area contributed by atoms with Gasteiger partial charge in [0.1, 0.15) is 16.5 Å². The number of hydrogen-bond acceptors (Lipinski definition) is 4.